The lowest BCUT2D eigenvalue weighted by molar-refractivity contribution is -0.385. The number of hydrogen-bond donors (Lipinski definition) is 0. The summed E-state index contributed by atoms with van der Waals surface area (Å²) in [6.45, 7) is 1.83. The fourth-order valence-electron chi connectivity index (χ4n) is 3.22. The lowest BCUT2D eigenvalue weighted by atomic mass is 10.1. The van der Waals surface area contributed by atoms with Crippen molar-refractivity contribution < 1.29 is 14.5 Å². The molecular weight excluding hydrogens is 388 g/mol. The van der Waals surface area contributed by atoms with E-state index in [0.717, 1.165) is 28.1 Å². The molecule has 0 radical (unpaired) electrons. The van der Waals surface area contributed by atoms with Crippen LogP contribution in [0.25, 0.3) is 16.8 Å². The highest BCUT2D eigenvalue weighted by Crippen LogP contribution is 2.34. The summed E-state index contributed by atoms with van der Waals surface area (Å²) in [5.74, 6) is -0.392. The van der Waals surface area contributed by atoms with E-state index in [1.165, 1.54) is 17.0 Å². The van der Waals surface area contributed by atoms with Crippen LogP contribution in [0.3, 0.4) is 0 Å². The molecule has 7 heteroatoms. The molecule has 1 heterocycles. The van der Waals surface area contributed by atoms with Crippen molar-refractivity contribution in [3.05, 3.63) is 92.4 Å². The third-order valence-electron chi connectivity index (χ3n) is 4.76. The number of rotatable bonds is 4. The van der Waals surface area contributed by atoms with Crippen LogP contribution >= 0.6 is 11.8 Å². The molecule has 0 bridgehead atoms. The lowest BCUT2D eigenvalue weighted by Crippen LogP contribution is -2.27. The zero-order valence-corrected chi connectivity index (χ0v) is 16.3. The summed E-state index contributed by atoms with van der Waals surface area (Å²) in [5, 5.41) is 12.9. The zero-order valence-electron chi connectivity index (χ0n) is 15.5. The van der Waals surface area contributed by atoms with Gasteiger partial charge < -0.3 is 0 Å². The van der Waals surface area contributed by atoms with Gasteiger partial charge in [-0.2, -0.15) is 0 Å². The number of imide groups is 1. The maximum Gasteiger partial charge on any atom is 0.293 e. The number of carbonyl (C=O) groups excluding carboxylic acids is 2. The molecule has 1 fully saturated rings. The highest BCUT2D eigenvalue weighted by atomic mass is 32.2. The maximum atomic E-state index is 12.8. The van der Waals surface area contributed by atoms with Crippen LogP contribution in [0.15, 0.2) is 65.6 Å². The van der Waals surface area contributed by atoms with E-state index in [1.54, 1.807) is 19.1 Å². The largest absolute Gasteiger partial charge is 0.293 e. The highest BCUT2D eigenvalue weighted by Gasteiger charge is 2.35. The third-order valence-corrected chi connectivity index (χ3v) is 5.66. The average Bonchev–Trinajstić information content (AvgIpc) is 2.96. The Labute approximate surface area is 171 Å². The Morgan fingerprint density at radius 3 is 2.55 bits per heavy atom. The van der Waals surface area contributed by atoms with Crippen LogP contribution in [-0.4, -0.2) is 21.0 Å². The molecule has 6 nitrogen and oxygen atoms in total. The minimum Gasteiger partial charge on any atom is -0.268 e. The van der Waals surface area contributed by atoms with Gasteiger partial charge in [-0.05, 0) is 52.7 Å². The lowest BCUT2D eigenvalue weighted by Gasteiger charge is -2.13. The van der Waals surface area contributed by atoms with Crippen LogP contribution in [-0.2, 0) is 11.3 Å². The predicted molar refractivity (Wildman–Crippen MR) is 113 cm³/mol. The minimum absolute atomic E-state index is 0.0193. The summed E-state index contributed by atoms with van der Waals surface area (Å²) >= 11 is 0.847. The van der Waals surface area contributed by atoms with E-state index in [1.807, 2.05) is 42.5 Å². The van der Waals surface area contributed by atoms with Gasteiger partial charge in [0.05, 0.1) is 16.4 Å². The van der Waals surface area contributed by atoms with E-state index >= 15 is 0 Å². The van der Waals surface area contributed by atoms with Gasteiger partial charge in [0, 0.05) is 11.6 Å². The molecule has 1 saturated heterocycles. The summed E-state index contributed by atoms with van der Waals surface area (Å²) in [5.41, 5.74) is 1.89. The molecule has 0 aromatic heterocycles. The molecule has 0 atom stereocenters. The molecule has 2 amide bonds. The van der Waals surface area contributed by atoms with Crippen molar-refractivity contribution in [3.8, 4) is 0 Å². The number of benzene rings is 3. The first-order valence-corrected chi connectivity index (χ1v) is 9.72. The summed E-state index contributed by atoms with van der Waals surface area (Å²) in [6.07, 6.45) is 1.53. The number of nitro benzene ring substituents is 1. The topological polar surface area (TPSA) is 80.5 Å². The first-order chi connectivity index (χ1) is 13.9. The Morgan fingerprint density at radius 1 is 1.03 bits per heavy atom. The average molecular weight is 404 g/mol. The smallest absolute Gasteiger partial charge is 0.268 e. The van der Waals surface area contributed by atoms with E-state index in [2.05, 4.69) is 0 Å². The third kappa shape index (κ3) is 3.77. The number of nitrogens with zero attached hydrogens (tertiary/aromatic N) is 2. The number of nitro groups is 1. The number of carbonyl (C=O) groups is 2. The Bertz CT molecular complexity index is 1200. The molecule has 144 valence electrons. The normalized spacial score (nSPS) is 15.5. The summed E-state index contributed by atoms with van der Waals surface area (Å²) in [7, 11) is 0. The van der Waals surface area contributed by atoms with Gasteiger partial charge in [0.15, 0.2) is 0 Å². The Morgan fingerprint density at radius 2 is 1.79 bits per heavy atom. The van der Waals surface area contributed by atoms with Crippen molar-refractivity contribution >= 4 is 45.4 Å². The van der Waals surface area contributed by atoms with Gasteiger partial charge in [0.2, 0.25) is 0 Å². The molecule has 1 aliphatic heterocycles. The molecule has 4 rings (SSSR count). The van der Waals surface area contributed by atoms with Crippen LogP contribution in [0.2, 0.25) is 0 Å². The summed E-state index contributed by atoms with van der Waals surface area (Å²) in [4.78, 5) is 37.3. The minimum atomic E-state index is -0.460. The number of hydrogen-bond acceptors (Lipinski definition) is 5. The number of thioether (sulfide) groups is 1. The van der Waals surface area contributed by atoms with E-state index in [0.29, 0.717) is 11.1 Å². The Balaban J connectivity index is 1.59. The molecule has 29 heavy (non-hydrogen) atoms. The SMILES string of the molecule is Cc1ccc(/C=C2\SC(=O)N(Cc3ccc4ccccc4c3)C2=O)cc1[N+](=O)[O-]. The first kappa shape index (κ1) is 18.9. The Kier molecular flexibility index (Phi) is 4.90. The quantitative estimate of drug-likeness (QED) is 0.335. The molecule has 1 aliphatic rings. The molecule has 0 saturated carbocycles. The van der Waals surface area contributed by atoms with Crippen LogP contribution < -0.4 is 0 Å². The van der Waals surface area contributed by atoms with E-state index in [4.69, 9.17) is 0 Å². The van der Waals surface area contributed by atoms with Gasteiger partial charge in [0.25, 0.3) is 16.8 Å². The Hall–Kier alpha value is -3.45. The molecule has 0 unspecified atom stereocenters. The number of amides is 2. The van der Waals surface area contributed by atoms with Gasteiger partial charge >= 0.3 is 0 Å². The standard InChI is InChI=1S/C22H16N2O4S/c1-14-6-7-15(11-19(14)24(27)28)12-20-21(25)23(22(26)29-20)13-16-8-9-17-4-2-3-5-18(17)10-16/h2-12H,13H2,1H3/b20-12-. The van der Waals surface area contributed by atoms with Crippen molar-refractivity contribution in [3.63, 3.8) is 0 Å². The van der Waals surface area contributed by atoms with Crippen LogP contribution in [0, 0.1) is 17.0 Å². The molecule has 3 aromatic rings. The monoisotopic (exact) mass is 404 g/mol. The van der Waals surface area contributed by atoms with Crippen molar-refractivity contribution in [2.75, 3.05) is 0 Å². The van der Waals surface area contributed by atoms with Gasteiger partial charge in [-0.3, -0.25) is 24.6 Å². The van der Waals surface area contributed by atoms with Gasteiger partial charge in [-0.15, -0.1) is 0 Å². The van der Waals surface area contributed by atoms with E-state index in [-0.39, 0.29) is 22.4 Å². The first-order valence-electron chi connectivity index (χ1n) is 8.90. The van der Waals surface area contributed by atoms with Gasteiger partial charge in [-0.25, -0.2) is 0 Å². The second-order valence-corrected chi connectivity index (χ2v) is 7.75. The number of aryl methyl sites for hydroxylation is 1. The second-order valence-electron chi connectivity index (χ2n) is 6.75. The van der Waals surface area contributed by atoms with Crippen LogP contribution in [0.5, 0.6) is 0 Å². The van der Waals surface area contributed by atoms with Crippen molar-refractivity contribution in [2.24, 2.45) is 0 Å². The van der Waals surface area contributed by atoms with Crippen molar-refractivity contribution in [1.29, 1.82) is 0 Å². The molecular formula is C22H16N2O4S. The highest BCUT2D eigenvalue weighted by molar-refractivity contribution is 8.18. The fourth-order valence-corrected chi connectivity index (χ4v) is 4.06. The maximum absolute atomic E-state index is 12.8. The fraction of sp³-hybridized carbons (Fsp3) is 0.0909. The molecule has 0 spiro atoms. The van der Waals surface area contributed by atoms with Gasteiger partial charge in [-0.1, -0.05) is 48.5 Å². The van der Waals surface area contributed by atoms with E-state index < -0.39 is 10.8 Å². The summed E-state index contributed by atoms with van der Waals surface area (Å²) < 4.78 is 0. The van der Waals surface area contributed by atoms with Crippen LogP contribution in [0.1, 0.15) is 16.7 Å². The summed E-state index contributed by atoms with van der Waals surface area (Å²) in [6, 6.07) is 18.4. The van der Waals surface area contributed by atoms with Gasteiger partial charge in [0.1, 0.15) is 0 Å². The van der Waals surface area contributed by atoms with Crippen molar-refractivity contribution in [1.82, 2.24) is 4.90 Å². The molecule has 0 aliphatic carbocycles. The predicted octanol–water partition coefficient (Wildman–Crippen LogP) is 5.29. The van der Waals surface area contributed by atoms with E-state index in [9.17, 15) is 19.7 Å². The molecule has 0 N–H and O–H groups in total. The number of fused-ring (bicyclic) bond motifs is 1. The zero-order chi connectivity index (χ0) is 20.5. The molecule has 3 aromatic carbocycles. The van der Waals surface area contributed by atoms with Crippen LogP contribution in [0.4, 0.5) is 10.5 Å². The second kappa shape index (κ2) is 7.52. The van der Waals surface area contributed by atoms with Crippen molar-refractivity contribution in [2.45, 2.75) is 13.5 Å².